The molecule has 1 atom stereocenters. The zero-order chi connectivity index (χ0) is 14.1. The summed E-state index contributed by atoms with van der Waals surface area (Å²) >= 11 is 5.25. The smallest absolute Gasteiger partial charge is 0.243 e. The van der Waals surface area contributed by atoms with Crippen molar-refractivity contribution in [3.05, 3.63) is 45.2 Å². The number of thiophene rings is 1. The number of pyridine rings is 1. The summed E-state index contributed by atoms with van der Waals surface area (Å²) in [5.41, 5.74) is 0.823. The van der Waals surface area contributed by atoms with E-state index in [0.29, 0.717) is 11.9 Å². The van der Waals surface area contributed by atoms with Gasteiger partial charge in [0.2, 0.25) is 5.95 Å². The van der Waals surface area contributed by atoms with Crippen LogP contribution in [-0.4, -0.2) is 14.6 Å². The molecule has 0 aliphatic carbocycles. The molecular weight excluding hydrogens is 336 g/mol. The van der Waals surface area contributed by atoms with Crippen LogP contribution in [0.2, 0.25) is 0 Å². The minimum Gasteiger partial charge on any atom is -0.345 e. The van der Waals surface area contributed by atoms with Crippen LogP contribution in [0.5, 0.6) is 0 Å². The van der Waals surface area contributed by atoms with Gasteiger partial charge in [-0.3, -0.25) is 0 Å². The standard InChI is InChI=1S/C14H15BrN4S/c1-9(2)12(11-6-4-8-20-11)16-14-17-13-10(15)5-3-7-19(13)18-14/h3-9,12H,1-2H3,(H,16,18). The third kappa shape index (κ3) is 2.58. The van der Waals surface area contributed by atoms with E-state index in [1.54, 1.807) is 15.9 Å². The quantitative estimate of drug-likeness (QED) is 0.759. The first-order valence-corrected chi connectivity index (χ1v) is 8.13. The molecule has 0 spiro atoms. The summed E-state index contributed by atoms with van der Waals surface area (Å²) in [6.45, 7) is 4.40. The molecule has 0 aliphatic rings. The summed E-state index contributed by atoms with van der Waals surface area (Å²) in [4.78, 5) is 5.85. The van der Waals surface area contributed by atoms with Crippen molar-refractivity contribution in [1.29, 1.82) is 0 Å². The number of hydrogen-bond donors (Lipinski definition) is 1. The number of halogens is 1. The Bertz CT molecular complexity index is 705. The fourth-order valence-corrected chi connectivity index (χ4v) is 3.48. The molecule has 1 N–H and O–H groups in total. The Kier molecular flexibility index (Phi) is 3.76. The minimum absolute atomic E-state index is 0.228. The van der Waals surface area contributed by atoms with Crippen LogP contribution >= 0.6 is 27.3 Å². The van der Waals surface area contributed by atoms with Crippen molar-refractivity contribution in [2.24, 2.45) is 5.92 Å². The molecule has 0 amide bonds. The highest BCUT2D eigenvalue weighted by Crippen LogP contribution is 2.29. The molecule has 0 aliphatic heterocycles. The van der Waals surface area contributed by atoms with Crippen molar-refractivity contribution in [3.63, 3.8) is 0 Å². The summed E-state index contributed by atoms with van der Waals surface area (Å²) in [6, 6.07) is 8.35. The molecule has 3 rings (SSSR count). The molecule has 4 nitrogen and oxygen atoms in total. The van der Waals surface area contributed by atoms with Gasteiger partial charge in [-0.15, -0.1) is 16.4 Å². The van der Waals surface area contributed by atoms with E-state index < -0.39 is 0 Å². The van der Waals surface area contributed by atoms with E-state index in [4.69, 9.17) is 0 Å². The summed E-state index contributed by atoms with van der Waals surface area (Å²) < 4.78 is 2.72. The lowest BCUT2D eigenvalue weighted by Crippen LogP contribution is -2.16. The molecular formula is C14H15BrN4S. The third-order valence-corrected chi connectivity index (χ3v) is 4.69. The van der Waals surface area contributed by atoms with Crippen LogP contribution in [0.25, 0.3) is 5.65 Å². The summed E-state index contributed by atoms with van der Waals surface area (Å²) in [5.74, 6) is 1.12. The van der Waals surface area contributed by atoms with Crippen LogP contribution < -0.4 is 5.32 Å². The molecule has 0 fully saturated rings. The number of anilines is 1. The first-order valence-electron chi connectivity index (χ1n) is 6.46. The predicted octanol–water partition coefficient (Wildman–Crippen LogP) is 4.36. The van der Waals surface area contributed by atoms with Crippen molar-refractivity contribution in [2.45, 2.75) is 19.9 Å². The normalized spacial score (nSPS) is 13.0. The second-order valence-corrected chi connectivity index (χ2v) is 6.77. The molecule has 3 heterocycles. The lowest BCUT2D eigenvalue weighted by atomic mass is 10.0. The second kappa shape index (κ2) is 5.54. The van der Waals surface area contributed by atoms with Gasteiger partial charge in [0.1, 0.15) is 0 Å². The Labute approximate surface area is 130 Å². The number of aromatic nitrogens is 3. The number of fused-ring (bicyclic) bond motifs is 1. The highest BCUT2D eigenvalue weighted by Gasteiger charge is 2.18. The van der Waals surface area contributed by atoms with Crippen LogP contribution in [-0.2, 0) is 0 Å². The molecule has 0 saturated heterocycles. The fourth-order valence-electron chi connectivity index (χ4n) is 2.11. The number of rotatable bonds is 4. The van der Waals surface area contributed by atoms with Crippen molar-refractivity contribution >= 4 is 38.9 Å². The fraction of sp³-hybridized carbons (Fsp3) is 0.286. The first kappa shape index (κ1) is 13.6. The molecule has 6 heteroatoms. The Morgan fingerprint density at radius 2 is 2.15 bits per heavy atom. The highest BCUT2D eigenvalue weighted by molar-refractivity contribution is 9.10. The monoisotopic (exact) mass is 350 g/mol. The zero-order valence-electron chi connectivity index (χ0n) is 11.2. The van der Waals surface area contributed by atoms with Gasteiger partial charge in [0, 0.05) is 11.1 Å². The van der Waals surface area contributed by atoms with E-state index in [9.17, 15) is 0 Å². The largest absolute Gasteiger partial charge is 0.345 e. The van der Waals surface area contributed by atoms with Gasteiger partial charge in [-0.1, -0.05) is 19.9 Å². The van der Waals surface area contributed by atoms with Crippen LogP contribution in [0, 0.1) is 5.92 Å². The molecule has 3 aromatic heterocycles. The van der Waals surface area contributed by atoms with Gasteiger partial charge in [0.05, 0.1) is 10.5 Å². The number of nitrogens with one attached hydrogen (secondary N) is 1. The SMILES string of the molecule is CC(C)C(Nc1nc2c(Br)cccn2n1)c1cccs1. The van der Waals surface area contributed by atoms with Crippen LogP contribution in [0.15, 0.2) is 40.3 Å². The van der Waals surface area contributed by atoms with E-state index in [1.165, 1.54) is 4.88 Å². The third-order valence-electron chi connectivity index (χ3n) is 3.12. The molecule has 20 heavy (non-hydrogen) atoms. The Hall–Kier alpha value is -1.40. The maximum atomic E-state index is 4.54. The van der Waals surface area contributed by atoms with Gasteiger partial charge in [0.25, 0.3) is 0 Å². The summed E-state index contributed by atoms with van der Waals surface area (Å²) in [6.07, 6.45) is 1.90. The van der Waals surface area contributed by atoms with E-state index in [0.717, 1.165) is 10.1 Å². The highest BCUT2D eigenvalue weighted by atomic mass is 79.9. The van der Waals surface area contributed by atoms with Gasteiger partial charge in [-0.25, -0.2) is 4.52 Å². The van der Waals surface area contributed by atoms with Gasteiger partial charge < -0.3 is 5.32 Å². The molecule has 104 valence electrons. The van der Waals surface area contributed by atoms with Crippen molar-refractivity contribution in [2.75, 3.05) is 5.32 Å². The van der Waals surface area contributed by atoms with E-state index >= 15 is 0 Å². The molecule has 0 saturated carbocycles. The average Bonchev–Trinajstić information content (AvgIpc) is 3.05. The Morgan fingerprint density at radius 3 is 2.80 bits per heavy atom. The minimum atomic E-state index is 0.228. The topological polar surface area (TPSA) is 42.2 Å². The van der Waals surface area contributed by atoms with Gasteiger partial charge in [0.15, 0.2) is 5.65 Å². The van der Waals surface area contributed by atoms with Crippen molar-refractivity contribution < 1.29 is 0 Å². The summed E-state index contributed by atoms with van der Waals surface area (Å²) in [7, 11) is 0. The molecule has 1 unspecified atom stereocenters. The Morgan fingerprint density at radius 1 is 1.30 bits per heavy atom. The van der Waals surface area contributed by atoms with Crippen LogP contribution in [0.4, 0.5) is 5.95 Å². The zero-order valence-corrected chi connectivity index (χ0v) is 13.6. The van der Waals surface area contributed by atoms with Gasteiger partial charge in [-0.2, -0.15) is 4.98 Å². The van der Waals surface area contributed by atoms with E-state index in [2.05, 4.69) is 62.7 Å². The molecule has 3 aromatic rings. The Balaban J connectivity index is 1.93. The number of hydrogen-bond acceptors (Lipinski definition) is 4. The average molecular weight is 351 g/mol. The molecule has 0 bridgehead atoms. The van der Waals surface area contributed by atoms with Gasteiger partial charge in [-0.05, 0) is 45.4 Å². The van der Waals surface area contributed by atoms with Gasteiger partial charge >= 0.3 is 0 Å². The van der Waals surface area contributed by atoms with E-state index in [1.807, 2.05) is 18.3 Å². The van der Waals surface area contributed by atoms with Crippen molar-refractivity contribution in [3.8, 4) is 0 Å². The maximum Gasteiger partial charge on any atom is 0.243 e. The lowest BCUT2D eigenvalue weighted by Gasteiger charge is -2.20. The number of nitrogens with zero attached hydrogens (tertiary/aromatic N) is 3. The van der Waals surface area contributed by atoms with Crippen LogP contribution in [0.3, 0.4) is 0 Å². The summed E-state index contributed by atoms with van der Waals surface area (Å²) in [5, 5.41) is 10.0. The van der Waals surface area contributed by atoms with Crippen molar-refractivity contribution in [1.82, 2.24) is 14.6 Å². The second-order valence-electron chi connectivity index (χ2n) is 4.94. The lowest BCUT2D eigenvalue weighted by molar-refractivity contribution is 0.550. The van der Waals surface area contributed by atoms with Crippen LogP contribution in [0.1, 0.15) is 24.8 Å². The first-order chi connectivity index (χ1) is 9.65. The molecule has 0 aromatic carbocycles. The maximum absolute atomic E-state index is 4.54. The predicted molar refractivity (Wildman–Crippen MR) is 86.2 cm³/mol. The molecule has 0 radical (unpaired) electrons. The van der Waals surface area contributed by atoms with E-state index in [-0.39, 0.29) is 6.04 Å².